The van der Waals surface area contributed by atoms with Crippen molar-refractivity contribution in [2.24, 2.45) is 0 Å². The summed E-state index contributed by atoms with van der Waals surface area (Å²) < 4.78 is 10.3. The van der Waals surface area contributed by atoms with Gasteiger partial charge in [-0.15, -0.1) is 0 Å². The number of nitrogens with zero attached hydrogens (tertiary/aromatic N) is 1. The van der Waals surface area contributed by atoms with Crippen LogP contribution in [0.2, 0.25) is 0 Å². The molecule has 1 aliphatic rings. The molecule has 0 saturated carbocycles. The van der Waals surface area contributed by atoms with E-state index in [0.29, 0.717) is 5.56 Å². The molecule has 0 aromatic heterocycles. The molecule has 6 nitrogen and oxygen atoms in total. The van der Waals surface area contributed by atoms with E-state index < -0.39 is 35.7 Å². The Hall–Kier alpha value is -2.37. The SMILES string of the molecule is CC(=O)O[C@H]1C(=O)N(C(=O)OC(C)(C)C)[C@H]1c1ccccc1. The number of rotatable bonds is 2. The number of ether oxygens (including phenoxy) is 2. The Morgan fingerprint density at radius 1 is 1.14 bits per heavy atom. The Labute approximate surface area is 129 Å². The zero-order valence-electron chi connectivity index (χ0n) is 13.0. The summed E-state index contributed by atoms with van der Waals surface area (Å²) in [6, 6.07) is 8.28. The highest BCUT2D eigenvalue weighted by Crippen LogP contribution is 2.38. The van der Waals surface area contributed by atoms with Crippen LogP contribution >= 0.6 is 0 Å². The van der Waals surface area contributed by atoms with E-state index in [4.69, 9.17) is 9.47 Å². The summed E-state index contributed by atoms with van der Waals surface area (Å²) in [5.74, 6) is -1.14. The van der Waals surface area contributed by atoms with Gasteiger partial charge in [0.25, 0.3) is 5.91 Å². The van der Waals surface area contributed by atoms with Crippen molar-refractivity contribution < 1.29 is 23.9 Å². The standard InChI is InChI=1S/C16H19NO5/c1-10(18)21-13-12(11-8-6-5-7-9-11)17(14(13)19)15(20)22-16(2,3)4/h5-9,12-13H,1-4H3/t12-,13+/m0/s1. The number of likely N-dealkylation sites (tertiary alicyclic amines) is 1. The van der Waals surface area contributed by atoms with Crippen LogP contribution in [0.4, 0.5) is 4.79 Å². The second kappa shape index (κ2) is 5.79. The van der Waals surface area contributed by atoms with E-state index in [1.165, 1.54) is 6.92 Å². The molecule has 22 heavy (non-hydrogen) atoms. The number of carbonyl (C=O) groups excluding carboxylic acids is 3. The van der Waals surface area contributed by atoms with Gasteiger partial charge in [-0.3, -0.25) is 9.59 Å². The predicted molar refractivity (Wildman–Crippen MR) is 77.8 cm³/mol. The molecule has 0 unspecified atom stereocenters. The quantitative estimate of drug-likeness (QED) is 0.620. The molecule has 6 heteroatoms. The Bertz CT molecular complexity index is 590. The molecule has 1 aromatic carbocycles. The third-order valence-electron chi connectivity index (χ3n) is 3.07. The molecule has 0 bridgehead atoms. The van der Waals surface area contributed by atoms with Gasteiger partial charge < -0.3 is 9.47 Å². The van der Waals surface area contributed by atoms with Crippen molar-refractivity contribution in [3.63, 3.8) is 0 Å². The van der Waals surface area contributed by atoms with Crippen molar-refractivity contribution in [2.45, 2.75) is 45.4 Å². The number of carbonyl (C=O) groups is 3. The lowest BCUT2D eigenvalue weighted by atomic mass is 9.91. The molecule has 2 atom stereocenters. The van der Waals surface area contributed by atoms with Gasteiger partial charge in [0, 0.05) is 6.92 Å². The number of hydrogen-bond acceptors (Lipinski definition) is 5. The molecular weight excluding hydrogens is 286 g/mol. The fourth-order valence-corrected chi connectivity index (χ4v) is 2.24. The van der Waals surface area contributed by atoms with Crippen LogP contribution in [0.15, 0.2) is 30.3 Å². The van der Waals surface area contributed by atoms with E-state index in [-0.39, 0.29) is 0 Å². The number of imide groups is 1. The van der Waals surface area contributed by atoms with Crippen molar-refractivity contribution >= 4 is 18.0 Å². The van der Waals surface area contributed by atoms with Gasteiger partial charge in [0.2, 0.25) is 6.10 Å². The Kier molecular flexibility index (Phi) is 4.21. The van der Waals surface area contributed by atoms with E-state index in [2.05, 4.69) is 0 Å². The minimum Gasteiger partial charge on any atom is -0.450 e. The van der Waals surface area contributed by atoms with Crippen LogP contribution in [0.5, 0.6) is 0 Å². The molecule has 0 N–H and O–H groups in total. The highest BCUT2D eigenvalue weighted by molar-refractivity contribution is 6.02. The second-order valence-electron chi connectivity index (χ2n) is 6.07. The van der Waals surface area contributed by atoms with Crippen LogP contribution in [0.1, 0.15) is 39.3 Å². The first-order valence-electron chi connectivity index (χ1n) is 6.99. The lowest BCUT2D eigenvalue weighted by molar-refractivity contribution is -0.180. The van der Waals surface area contributed by atoms with Gasteiger partial charge >= 0.3 is 12.1 Å². The fraction of sp³-hybridized carbons (Fsp3) is 0.438. The third kappa shape index (κ3) is 3.27. The molecule has 1 aliphatic heterocycles. The average Bonchev–Trinajstić information content (AvgIpc) is 2.40. The summed E-state index contributed by atoms with van der Waals surface area (Å²) in [6.45, 7) is 6.38. The molecule has 1 heterocycles. The van der Waals surface area contributed by atoms with Crippen LogP contribution in [0.3, 0.4) is 0 Å². The van der Waals surface area contributed by atoms with Gasteiger partial charge in [-0.1, -0.05) is 30.3 Å². The van der Waals surface area contributed by atoms with Crippen LogP contribution < -0.4 is 0 Å². The zero-order chi connectivity index (χ0) is 16.5. The van der Waals surface area contributed by atoms with Gasteiger partial charge in [0.05, 0.1) is 0 Å². The molecule has 1 fully saturated rings. The van der Waals surface area contributed by atoms with Crippen molar-refractivity contribution in [2.75, 3.05) is 0 Å². The van der Waals surface area contributed by atoms with Gasteiger partial charge in [0.15, 0.2) is 0 Å². The normalized spacial score (nSPS) is 21.1. The number of benzene rings is 1. The molecule has 0 aliphatic carbocycles. The van der Waals surface area contributed by atoms with Gasteiger partial charge in [0.1, 0.15) is 11.6 Å². The number of β-lactam (4-membered cyclic amide) rings is 1. The molecule has 2 amide bonds. The molecular formula is C16H19NO5. The van der Waals surface area contributed by atoms with Crippen LogP contribution in [0, 0.1) is 0 Å². The first kappa shape index (κ1) is 16.0. The Balaban J connectivity index is 2.27. The number of esters is 1. The molecule has 0 radical (unpaired) electrons. The maximum absolute atomic E-state index is 12.2. The minimum atomic E-state index is -0.993. The summed E-state index contributed by atoms with van der Waals surface area (Å²) in [4.78, 5) is 36.5. The van der Waals surface area contributed by atoms with Crippen LogP contribution in [0.25, 0.3) is 0 Å². The highest BCUT2D eigenvalue weighted by atomic mass is 16.6. The van der Waals surface area contributed by atoms with E-state index >= 15 is 0 Å². The predicted octanol–water partition coefficient (Wildman–Crippen LogP) is 2.44. The minimum absolute atomic E-state index is 0.567. The monoisotopic (exact) mass is 305 g/mol. The summed E-state index contributed by atoms with van der Waals surface area (Å²) in [7, 11) is 0. The number of hydrogen-bond donors (Lipinski definition) is 0. The topological polar surface area (TPSA) is 72.9 Å². The molecule has 118 valence electrons. The number of amides is 2. The highest BCUT2D eigenvalue weighted by Gasteiger charge is 2.55. The lowest BCUT2D eigenvalue weighted by Crippen LogP contribution is -2.63. The third-order valence-corrected chi connectivity index (χ3v) is 3.07. The van der Waals surface area contributed by atoms with Crippen molar-refractivity contribution in [3.05, 3.63) is 35.9 Å². The summed E-state index contributed by atoms with van der Waals surface area (Å²) >= 11 is 0. The maximum Gasteiger partial charge on any atom is 0.417 e. The largest absolute Gasteiger partial charge is 0.450 e. The van der Waals surface area contributed by atoms with Crippen molar-refractivity contribution in [1.82, 2.24) is 4.90 Å². The van der Waals surface area contributed by atoms with Crippen molar-refractivity contribution in [3.8, 4) is 0 Å². The summed E-state index contributed by atoms with van der Waals surface area (Å²) in [5, 5.41) is 0. The van der Waals surface area contributed by atoms with Gasteiger partial charge in [-0.05, 0) is 26.3 Å². The van der Waals surface area contributed by atoms with Crippen LogP contribution in [-0.2, 0) is 19.1 Å². The maximum atomic E-state index is 12.2. The van der Waals surface area contributed by atoms with E-state index in [0.717, 1.165) is 4.90 Å². The fourth-order valence-electron chi connectivity index (χ4n) is 2.24. The molecule has 2 rings (SSSR count). The molecule has 1 saturated heterocycles. The first-order valence-corrected chi connectivity index (χ1v) is 6.99. The summed E-state index contributed by atoms with van der Waals surface area (Å²) in [5.41, 5.74) is -0.00954. The summed E-state index contributed by atoms with van der Waals surface area (Å²) in [6.07, 6.45) is -1.73. The van der Waals surface area contributed by atoms with Gasteiger partial charge in [-0.2, -0.15) is 0 Å². The van der Waals surface area contributed by atoms with Crippen LogP contribution in [-0.4, -0.2) is 34.6 Å². The molecule has 0 spiro atoms. The van der Waals surface area contributed by atoms with E-state index in [9.17, 15) is 14.4 Å². The first-order chi connectivity index (χ1) is 10.2. The van der Waals surface area contributed by atoms with E-state index in [1.807, 2.05) is 6.07 Å². The smallest absolute Gasteiger partial charge is 0.417 e. The van der Waals surface area contributed by atoms with Gasteiger partial charge in [-0.25, -0.2) is 9.69 Å². The Morgan fingerprint density at radius 2 is 1.73 bits per heavy atom. The Morgan fingerprint density at radius 3 is 2.23 bits per heavy atom. The zero-order valence-corrected chi connectivity index (χ0v) is 13.0. The second-order valence-corrected chi connectivity index (χ2v) is 6.07. The molecule has 1 aromatic rings. The average molecular weight is 305 g/mol. The van der Waals surface area contributed by atoms with Crippen molar-refractivity contribution in [1.29, 1.82) is 0 Å². The van der Waals surface area contributed by atoms with E-state index in [1.54, 1.807) is 45.0 Å². The lowest BCUT2D eigenvalue weighted by Gasteiger charge is -2.44.